The maximum Gasteiger partial charge on any atom is 0.323 e. The smallest absolute Gasteiger partial charge is 0.323 e. The zero-order valence-corrected chi connectivity index (χ0v) is 18.2. The van der Waals surface area contributed by atoms with E-state index >= 15 is 0 Å². The number of carbonyl (C=O) groups is 1. The Kier molecular flexibility index (Phi) is 6.02. The Morgan fingerprint density at radius 1 is 0.806 bits per heavy atom. The van der Waals surface area contributed by atoms with Gasteiger partial charge < -0.3 is 20.9 Å². The van der Waals surface area contributed by atoms with Crippen LogP contribution in [0.1, 0.15) is 29.7 Å². The number of nitrogens with one attached hydrogen (secondary N) is 3. The largest absolute Gasteiger partial charge is 0.356 e. The normalized spacial score (nSPS) is 13.2. The van der Waals surface area contributed by atoms with E-state index in [4.69, 9.17) is 0 Å². The second-order valence-electron chi connectivity index (χ2n) is 8.04. The zero-order valence-electron chi connectivity index (χ0n) is 18.2. The number of rotatable bonds is 5. The van der Waals surface area contributed by atoms with Crippen molar-refractivity contribution in [3.05, 3.63) is 65.4 Å². The minimum Gasteiger partial charge on any atom is -0.356 e. The molecule has 2 amide bonds. The van der Waals surface area contributed by atoms with Crippen LogP contribution in [-0.4, -0.2) is 29.1 Å². The van der Waals surface area contributed by atoms with E-state index in [2.05, 4.69) is 36.9 Å². The van der Waals surface area contributed by atoms with Gasteiger partial charge in [0.15, 0.2) is 0 Å². The molecule has 1 aliphatic heterocycles. The molecule has 0 spiro atoms. The summed E-state index contributed by atoms with van der Waals surface area (Å²) >= 11 is 0. The molecule has 0 bridgehead atoms. The van der Waals surface area contributed by atoms with Crippen LogP contribution in [0, 0.1) is 20.8 Å². The lowest BCUT2D eigenvalue weighted by Gasteiger charge is -2.17. The molecule has 0 saturated carbocycles. The fraction of sp³-hybridized carbons (Fsp3) is 0.292. The summed E-state index contributed by atoms with van der Waals surface area (Å²) in [5.74, 6) is 1.55. The second-order valence-corrected chi connectivity index (χ2v) is 8.04. The molecule has 31 heavy (non-hydrogen) atoms. The van der Waals surface area contributed by atoms with E-state index in [0.29, 0.717) is 11.6 Å². The molecule has 7 nitrogen and oxygen atoms in total. The Balaban J connectivity index is 1.38. The van der Waals surface area contributed by atoms with Crippen molar-refractivity contribution in [3.63, 3.8) is 0 Å². The van der Waals surface area contributed by atoms with Crippen LogP contribution in [0.4, 0.5) is 33.6 Å². The second kappa shape index (κ2) is 9.04. The van der Waals surface area contributed by atoms with Crippen molar-refractivity contribution in [3.8, 4) is 0 Å². The van der Waals surface area contributed by atoms with Crippen LogP contribution >= 0.6 is 0 Å². The molecule has 1 saturated heterocycles. The van der Waals surface area contributed by atoms with Gasteiger partial charge in [0.1, 0.15) is 5.82 Å². The van der Waals surface area contributed by atoms with E-state index in [0.717, 1.165) is 47.1 Å². The third-order valence-electron chi connectivity index (χ3n) is 5.15. The molecule has 0 radical (unpaired) electrons. The Bertz CT molecular complexity index is 1050. The van der Waals surface area contributed by atoms with Gasteiger partial charge in [-0.2, -0.15) is 4.98 Å². The number of carbonyl (C=O) groups excluding carboxylic acids is 1. The summed E-state index contributed by atoms with van der Waals surface area (Å²) in [4.78, 5) is 23.8. The average molecular weight is 417 g/mol. The number of aryl methyl sites for hydroxylation is 3. The Labute approximate surface area is 182 Å². The number of aromatic nitrogens is 2. The fourth-order valence-corrected chi connectivity index (χ4v) is 3.82. The van der Waals surface area contributed by atoms with Gasteiger partial charge in [-0.3, -0.25) is 0 Å². The van der Waals surface area contributed by atoms with Gasteiger partial charge in [0.05, 0.1) is 0 Å². The minimum absolute atomic E-state index is 0.275. The van der Waals surface area contributed by atoms with Gasteiger partial charge in [-0.1, -0.05) is 6.07 Å². The van der Waals surface area contributed by atoms with Crippen molar-refractivity contribution in [2.45, 2.75) is 33.6 Å². The number of hydrogen-bond acceptors (Lipinski definition) is 5. The quantitative estimate of drug-likeness (QED) is 0.519. The molecule has 3 aromatic rings. The van der Waals surface area contributed by atoms with Gasteiger partial charge in [0.25, 0.3) is 0 Å². The summed E-state index contributed by atoms with van der Waals surface area (Å²) in [6, 6.07) is 15.2. The van der Waals surface area contributed by atoms with Gasteiger partial charge in [-0.25, -0.2) is 9.78 Å². The van der Waals surface area contributed by atoms with E-state index in [9.17, 15) is 4.79 Å². The number of hydrogen-bond donors (Lipinski definition) is 3. The third-order valence-corrected chi connectivity index (χ3v) is 5.15. The molecule has 3 N–H and O–H groups in total. The molecule has 0 atom stereocenters. The molecule has 1 fully saturated rings. The van der Waals surface area contributed by atoms with E-state index in [1.807, 2.05) is 63.2 Å². The van der Waals surface area contributed by atoms with Crippen LogP contribution < -0.4 is 20.9 Å². The SMILES string of the molecule is Cc1cc(C)cc(NC(=O)Nc2ccc(Nc3nc(C)cc(N4CCCC4)n3)cc2)c1. The summed E-state index contributed by atoms with van der Waals surface area (Å²) in [7, 11) is 0. The number of anilines is 5. The first-order valence-electron chi connectivity index (χ1n) is 10.6. The summed E-state index contributed by atoms with van der Waals surface area (Å²) < 4.78 is 0. The van der Waals surface area contributed by atoms with Crippen molar-refractivity contribution in [2.75, 3.05) is 33.9 Å². The highest BCUT2D eigenvalue weighted by molar-refractivity contribution is 5.99. The molecular formula is C24H28N6O. The van der Waals surface area contributed by atoms with Crippen LogP contribution in [0.25, 0.3) is 0 Å². The average Bonchev–Trinajstić information content (AvgIpc) is 3.23. The van der Waals surface area contributed by atoms with Gasteiger partial charge >= 0.3 is 6.03 Å². The Morgan fingerprint density at radius 2 is 1.42 bits per heavy atom. The van der Waals surface area contributed by atoms with Crippen LogP contribution in [0.3, 0.4) is 0 Å². The number of nitrogens with zero attached hydrogens (tertiary/aromatic N) is 3. The molecule has 160 valence electrons. The topological polar surface area (TPSA) is 82.2 Å². The van der Waals surface area contributed by atoms with Crippen LogP contribution in [-0.2, 0) is 0 Å². The summed E-state index contributed by atoms with van der Waals surface area (Å²) in [5, 5.41) is 9.00. The van der Waals surface area contributed by atoms with E-state index < -0.39 is 0 Å². The van der Waals surface area contributed by atoms with Crippen LogP contribution in [0.2, 0.25) is 0 Å². The lowest BCUT2D eigenvalue weighted by atomic mass is 10.1. The molecule has 2 aromatic carbocycles. The molecule has 1 aliphatic rings. The van der Waals surface area contributed by atoms with Gasteiger partial charge in [0.2, 0.25) is 5.95 Å². The van der Waals surface area contributed by atoms with Crippen molar-refractivity contribution in [2.24, 2.45) is 0 Å². The lowest BCUT2D eigenvalue weighted by molar-refractivity contribution is 0.262. The Morgan fingerprint density at radius 3 is 2.10 bits per heavy atom. The highest BCUT2D eigenvalue weighted by atomic mass is 16.2. The maximum absolute atomic E-state index is 12.3. The fourth-order valence-electron chi connectivity index (χ4n) is 3.82. The first-order valence-corrected chi connectivity index (χ1v) is 10.6. The number of amides is 2. The van der Waals surface area contributed by atoms with E-state index in [1.54, 1.807) is 0 Å². The van der Waals surface area contributed by atoms with Crippen LogP contribution in [0.15, 0.2) is 48.5 Å². The molecular weight excluding hydrogens is 388 g/mol. The standard InChI is InChI=1S/C24H28N6O/c1-16-12-17(2)14-21(13-16)28-24(31)27-20-8-6-19(7-9-20)26-23-25-18(3)15-22(29-23)30-10-4-5-11-30/h6-9,12-15H,4-5,10-11H2,1-3H3,(H,25,26,29)(H2,27,28,31). The minimum atomic E-state index is -0.275. The van der Waals surface area contributed by atoms with E-state index in [-0.39, 0.29) is 6.03 Å². The van der Waals surface area contributed by atoms with Crippen molar-refractivity contribution >= 4 is 34.9 Å². The molecule has 1 aromatic heterocycles. The molecule has 4 rings (SSSR count). The monoisotopic (exact) mass is 416 g/mol. The van der Waals surface area contributed by atoms with Crippen molar-refractivity contribution < 1.29 is 4.79 Å². The van der Waals surface area contributed by atoms with Crippen LogP contribution in [0.5, 0.6) is 0 Å². The molecule has 2 heterocycles. The molecule has 0 unspecified atom stereocenters. The van der Waals surface area contributed by atoms with Gasteiger partial charge in [-0.05, 0) is 81.1 Å². The highest BCUT2D eigenvalue weighted by Crippen LogP contribution is 2.22. The van der Waals surface area contributed by atoms with E-state index in [1.165, 1.54) is 12.8 Å². The maximum atomic E-state index is 12.3. The zero-order chi connectivity index (χ0) is 21.8. The predicted octanol–water partition coefficient (Wildman–Crippen LogP) is 5.39. The van der Waals surface area contributed by atoms with Gasteiger partial charge in [0, 0.05) is 41.9 Å². The summed E-state index contributed by atoms with van der Waals surface area (Å²) in [5.41, 5.74) is 5.49. The first kappa shape index (κ1) is 20.7. The highest BCUT2D eigenvalue weighted by Gasteiger charge is 2.15. The molecule has 7 heteroatoms. The number of urea groups is 1. The molecule has 0 aliphatic carbocycles. The Hall–Kier alpha value is -3.61. The summed E-state index contributed by atoms with van der Waals surface area (Å²) in [6.07, 6.45) is 2.41. The third kappa shape index (κ3) is 5.51. The van der Waals surface area contributed by atoms with Crippen molar-refractivity contribution in [1.29, 1.82) is 0 Å². The lowest BCUT2D eigenvalue weighted by Crippen LogP contribution is -2.20. The predicted molar refractivity (Wildman–Crippen MR) is 126 cm³/mol. The summed E-state index contributed by atoms with van der Waals surface area (Å²) in [6.45, 7) is 8.08. The first-order chi connectivity index (χ1) is 14.9. The number of benzene rings is 2. The van der Waals surface area contributed by atoms with Gasteiger partial charge in [-0.15, -0.1) is 0 Å². The van der Waals surface area contributed by atoms with Crippen molar-refractivity contribution in [1.82, 2.24) is 9.97 Å².